The molecule has 1 aromatic rings. The number of hydrogen-bond acceptors (Lipinski definition) is 3. The Bertz CT molecular complexity index is 443. The minimum atomic E-state index is -0.638. The van der Waals surface area contributed by atoms with E-state index in [-0.39, 0.29) is 5.78 Å². The van der Waals surface area contributed by atoms with Crippen molar-refractivity contribution in [1.29, 1.82) is 0 Å². The van der Waals surface area contributed by atoms with Crippen molar-refractivity contribution in [3.05, 3.63) is 34.9 Å². The number of aryl methyl sites for hydroxylation is 2. The highest BCUT2D eigenvalue weighted by atomic mass is 16.5. The molecular weight excluding hydrogens is 240 g/mol. The molecule has 0 amide bonds. The molecule has 0 radical (unpaired) electrons. The number of carbonyl (C=O) groups excluding carboxylic acids is 2. The molecule has 0 aliphatic carbocycles. The molecule has 3 nitrogen and oxygen atoms in total. The second-order valence-corrected chi connectivity index (χ2v) is 4.85. The van der Waals surface area contributed by atoms with Crippen LogP contribution in [-0.2, 0) is 20.7 Å². The maximum Gasteiger partial charge on any atom is 0.316 e. The van der Waals surface area contributed by atoms with Crippen LogP contribution < -0.4 is 0 Å². The molecule has 0 spiro atoms. The molecule has 0 aliphatic rings. The van der Waals surface area contributed by atoms with Gasteiger partial charge in [0, 0.05) is 6.42 Å². The van der Waals surface area contributed by atoms with E-state index in [0.717, 1.165) is 16.7 Å². The van der Waals surface area contributed by atoms with Gasteiger partial charge in [-0.15, -0.1) is 0 Å². The maximum atomic E-state index is 12.2. The third kappa shape index (κ3) is 4.51. The van der Waals surface area contributed by atoms with Gasteiger partial charge in [-0.05, 0) is 32.8 Å². The topological polar surface area (TPSA) is 43.4 Å². The molecule has 1 atom stereocenters. The molecule has 0 aliphatic heterocycles. The Labute approximate surface area is 115 Å². The predicted octanol–water partition coefficient (Wildman–Crippen LogP) is 3.00. The van der Waals surface area contributed by atoms with Gasteiger partial charge in [0.15, 0.2) is 5.78 Å². The van der Waals surface area contributed by atoms with E-state index in [0.29, 0.717) is 19.4 Å². The van der Waals surface area contributed by atoms with Gasteiger partial charge in [0.25, 0.3) is 0 Å². The lowest BCUT2D eigenvalue weighted by Gasteiger charge is -2.13. The van der Waals surface area contributed by atoms with Crippen LogP contribution in [0, 0.1) is 19.8 Å². The van der Waals surface area contributed by atoms with Gasteiger partial charge < -0.3 is 4.74 Å². The Morgan fingerprint density at radius 3 is 2.16 bits per heavy atom. The van der Waals surface area contributed by atoms with Crippen LogP contribution in [0.15, 0.2) is 18.2 Å². The van der Waals surface area contributed by atoms with Gasteiger partial charge in [0.1, 0.15) is 5.92 Å². The summed E-state index contributed by atoms with van der Waals surface area (Å²) in [6.45, 7) is 7.90. The Balaban J connectivity index is 2.79. The lowest BCUT2D eigenvalue weighted by molar-refractivity contribution is -0.151. The largest absolute Gasteiger partial charge is 0.465 e. The van der Waals surface area contributed by atoms with Crippen LogP contribution in [0.2, 0.25) is 0 Å². The lowest BCUT2D eigenvalue weighted by Crippen LogP contribution is -2.27. The number of benzene rings is 1. The summed E-state index contributed by atoms with van der Waals surface area (Å²) in [6.07, 6.45) is 0.780. The summed E-state index contributed by atoms with van der Waals surface area (Å²) in [6, 6.07) is 6.04. The zero-order valence-electron chi connectivity index (χ0n) is 12.2. The average Bonchev–Trinajstić information content (AvgIpc) is 2.28. The highest BCUT2D eigenvalue weighted by Crippen LogP contribution is 2.14. The van der Waals surface area contributed by atoms with Crippen molar-refractivity contribution >= 4 is 11.8 Å². The third-order valence-corrected chi connectivity index (χ3v) is 3.03. The van der Waals surface area contributed by atoms with Gasteiger partial charge in [-0.1, -0.05) is 36.2 Å². The van der Waals surface area contributed by atoms with Gasteiger partial charge in [0.05, 0.1) is 6.61 Å². The summed E-state index contributed by atoms with van der Waals surface area (Å²) in [5.41, 5.74) is 3.23. The third-order valence-electron chi connectivity index (χ3n) is 3.03. The zero-order chi connectivity index (χ0) is 14.4. The number of carbonyl (C=O) groups is 2. The van der Waals surface area contributed by atoms with Crippen LogP contribution in [0.1, 0.15) is 37.0 Å². The monoisotopic (exact) mass is 262 g/mol. The van der Waals surface area contributed by atoms with Gasteiger partial charge >= 0.3 is 5.97 Å². The highest BCUT2D eigenvalue weighted by molar-refractivity contribution is 5.99. The Kier molecular flexibility index (Phi) is 5.74. The predicted molar refractivity (Wildman–Crippen MR) is 75.0 cm³/mol. The van der Waals surface area contributed by atoms with Crippen LogP contribution >= 0.6 is 0 Å². The van der Waals surface area contributed by atoms with E-state index in [9.17, 15) is 9.59 Å². The molecular formula is C16H22O3. The Morgan fingerprint density at radius 1 is 1.11 bits per heavy atom. The molecule has 0 heterocycles. The van der Waals surface area contributed by atoms with E-state index in [2.05, 4.69) is 6.07 Å². The normalized spacial score (nSPS) is 12.0. The quantitative estimate of drug-likeness (QED) is 0.584. The first-order valence-corrected chi connectivity index (χ1v) is 6.74. The van der Waals surface area contributed by atoms with Crippen molar-refractivity contribution in [3.8, 4) is 0 Å². The van der Waals surface area contributed by atoms with Crippen molar-refractivity contribution in [1.82, 2.24) is 0 Å². The van der Waals surface area contributed by atoms with E-state index in [1.807, 2.05) is 32.9 Å². The van der Waals surface area contributed by atoms with E-state index in [1.54, 1.807) is 6.92 Å². The fraction of sp³-hybridized carbons (Fsp3) is 0.500. The molecule has 0 N–H and O–H groups in total. The number of ether oxygens (including phenoxy) is 1. The fourth-order valence-electron chi connectivity index (χ4n) is 2.26. The van der Waals surface area contributed by atoms with Crippen LogP contribution in [0.5, 0.6) is 0 Å². The zero-order valence-corrected chi connectivity index (χ0v) is 12.2. The molecule has 0 aromatic heterocycles. The molecule has 0 bridgehead atoms. The average molecular weight is 262 g/mol. The van der Waals surface area contributed by atoms with Crippen LogP contribution in [0.4, 0.5) is 0 Å². The van der Waals surface area contributed by atoms with E-state index < -0.39 is 11.9 Å². The standard InChI is InChI=1S/C16H22O3/c1-5-14(16(18)19-6-2)15(17)10-13-8-11(3)7-12(4)9-13/h7-9,14H,5-6,10H2,1-4H3. The molecule has 3 heteroatoms. The first-order valence-electron chi connectivity index (χ1n) is 6.74. The summed E-state index contributed by atoms with van der Waals surface area (Å²) in [5.74, 6) is -1.11. The summed E-state index contributed by atoms with van der Waals surface area (Å²) >= 11 is 0. The summed E-state index contributed by atoms with van der Waals surface area (Å²) < 4.78 is 4.94. The van der Waals surface area contributed by atoms with Gasteiger partial charge in [-0.3, -0.25) is 9.59 Å². The number of hydrogen-bond donors (Lipinski definition) is 0. The molecule has 0 saturated carbocycles. The molecule has 1 aromatic carbocycles. The van der Waals surface area contributed by atoms with Crippen molar-refractivity contribution < 1.29 is 14.3 Å². The lowest BCUT2D eigenvalue weighted by atomic mass is 9.94. The molecule has 104 valence electrons. The van der Waals surface area contributed by atoms with E-state index in [1.165, 1.54) is 0 Å². The summed E-state index contributed by atoms with van der Waals surface area (Å²) in [7, 11) is 0. The Hall–Kier alpha value is -1.64. The smallest absolute Gasteiger partial charge is 0.316 e. The fourth-order valence-corrected chi connectivity index (χ4v) is 2.26. The number of esters is 1. The van der Waals surface area contributed by atoms with Gasteiger partial charge in [-0.25, -0.2) is 0 Å². The first kappa shape index (κ1) is 15.4. The molecule has 1 unspecified atom stereocenters. The van der Waals surface area contributed by atoms with Crippen molar-refractivity contribution in [2.45, 2.75) is 40.5 Å². The molecule has 0 fully saturated rings. The number of ketones is 1. The SMILES string of the molecule is CCOC(=O)C(CC)C(=O)Cc1cc(C)cc(C)c1. The van der Waals surface area contributed by atoms with Crippen LogP contribution in [-0.4, -0.2) is 18.4 Å². The number of rotatable bonds is 6. The summed E-state index contributed by atoms with van der Waals surface area (Å²) in [4.78, 5) is 23.9. The molecule has 19 heavy (non-hydrogen) atoms. The van der Waals surface area contributed by atoms with Gasteiger partial charge in [-0.2, -0.15) is 0 Å². The Morgan fingerprint density at radius 2 is 1.68 bits per heavy atom. The molecule has 1 rings (SSSR count). The first-order chi connectivity index (χ1) is 8.97. The van der Waals surface area contributed by atoms with Crippen molar-refractivity contribution in [3.63, 3.8) is 0 Å². The molecule has 0 saturated heterocycles. The van der Waals surface area contributed by atoms with Crippen molar-refractivity contribution in [2.24, 2.45) is 5.92 Å². The van der Waals surface area contributed by atoms with Crippen molar-refractivity contribution in [2.75, 3.05) is 6.61 Å². The van der Waals surface area contributed by atoms with Crippen LogP contribution in [0.25, 0.3) is 0 Å². The number of Topliss-reactive ketones (excluding diaryl/α,β-unsaturated/α-hetero) is 1. The minimum absolute atomic E-state index is 0.0639. The second-order valence-electron chi connectivity index (χ2n) is 4.85. The van der Waals surface area contributed by atoms with Crippen LogP contribution in [0.3, 0.4) is 0 Å². The van der Waals surface area contributed by atoms with E-state index >= 15 is 0 Å². The van der Waals surface area contributed by atoms with Gasteiger partial charge in [0.2, 0.25) is 0 Å². The second kappa shape index (κ2) is 7.07. The van der Waals surface area contributed by atoms with E-state index in [4.69, 9.17) is 4.74 Å². The maximum absolute atomic E-state index is 12.2. The summed E-state index contributed by atoms with van der Waals surface area (Å²) in [5, 5.41) is 0. The minimum Gasteiger partial charge on any atom is -0.465 e. The highest BCUT2D eigenvalue weighted by Gasteiger charge is 2.25.